The first-order chi connectivity index (χ1) is 12.5. The quantitative estimate of drug-likeness (QED) is 0.767. The van der Waals surface area contributed by atoms with Crippen LogP contribution < -0.4 is 10.1 Å². The first-order valence-electron chi connectivity index (χ1n) is 8.66. The second-order valence-electron chi connectivity index (χ2n) is 6.24. The van der Waals surface area contributed by atoms with Gasteiger partial charge in [0.05, 0.1) is 11.5 Å². The first-order valence-corrected chi connectivity index (χ1v) is 10.2. The van der Waals surface area contributed by atoms with E-state index in [1.165, 1.54) is 18.3 Å². The van der Waals surface area contributed by atoms with Crippen LogP contribution in [0.5, 0.6) is 5.75 Å². The van der Waals surface area contributed by atoms with E-state index < -0.39 is 15.1 Å². The van der Waals surface area contributed by atoms with Crippen LogP contribution in [0.1, 0.15) is 30.6 Å². The molecule has 1 aliphatic carbocycles. The molecule has 1 aromatic carbocycles. The topological polar surface area (TPSA) is 85.4 Å². The third kappa shape index (κ3) is 4.22. The molecule has 3 rings (SSSR count). The van der Waals surface area contributed by atoms with Gasteiger partial charge < -0.3 is 10.1 Å². The minimum atomic E-state index is -3.70. The van der Waals surface area contributed by atoms with Crippen molar-refractivity contribution in [1.29, 1.82) is 0 Å². The van der Waals surface area contributed by atoms with Gasteiger partial charge in [-0.3, -0.25) is 9.78 Å². The van der Waals surface area contributed by atoms with Gasteiger partial charge in [-0.05, 0) is 55.7 Å². The van der Waals surface area contributed by atoms with Crippen LogP contribution in [0.3, 0.4) is 0 Å². The van der Waals surface area contributed by atoms with E-state index in [1.807, 2.05) is 6.92 Å². The molecular formula is C19H22N2O4S. The third-order valence-corrected chi connectivity index (χ3v) is 6.42. The standard InChI is InChI=1S/C19H22N2O4S/c1-2-25-16-7-9-17(10-8-16)26(23,24)18(15-4-3-11-20-12-15)13-21-19(22)14-5-6-14/h3-4,7-12,14,18H,2,5-6,13H2,1H3,(H,21,22). The average molecular weight is 374 g/mol. The van der Waals surface area contributed by atoms with Gasteiger partial charge in [0.2, 0.25) is 5.91 Å². The number of carbonyl (C=O) groups is 1. The van der Waals surface area contributed by atoms with Crippen molar-refractivity contribution in [2.24, 2.45) is 5.92 Å². The normalized spacial score (nSPS) is 15.3. The van der Waals surface area contributed by atoms with Crippen molar-refractivity contribution < 1.29 is 17.9 Å². The zero-order valence-electron chi connectivity index (χ0n) is 14.6. The highest BCUT2D eigenvalue weighted by atomic mass is 32.2. The highest BCUT2D eigenvalue weighted by Gasteiger charge is 2.33. The predicted octanol–water partition coefficient (Wildman–Crippen LogP) is 2.52. The summed E-state index contributed by atoms with van der Waals surface area (Å²) in [5.41, 5.74) is 0.553. The second-order valence-corrected chi connectivity index (χ2v) is 8.37. The molecule has 7 heteroatoms. The molecule has 138 valence electrons. The van der Waals surface area contributed by atoms with Crippen LogP contribution in [0, 0.1) is 5.92 Å². The molecule has 1 atom stereocenters. The van der Waals surface area contributed by atoms with Gasteiger partial charge in [0.25, 0.3) is 0 Å². The molecule has 26 heavy (non-hydrogen) atoms. The zero-order chi connectivity index (χ0) is 18.6. The molecule has 1 N–H and O–H groups in total. The number of ether oxygens (including phenoxy) is 1. The van der Waals surface area contributed by atoms with Gasteiger partial charge in [0.15, 0.2) is 9.84 Å². The van der Waals surface area contributed by atoms with Gasteiger partial charge in [-0.25, -0.2) is 8.42 Å². The van der Waals surface area contributed by atoms with Gasteiger partial charge in [0, 0.05) is 24.9 Å². The van der Waals surface area contributed by atoms with Crippen molar-refractivity contribution in [2.45, 2.75) is 29.9 Å². The highest BCUT2D eigenvalue weighted by molar-refractivity contribution is 7.91. The summed E-state index contributed by atoms with van der Waals surface area (Å²) in [4.78, 5) is 16.2. The minimum absolute atomic E-state index is 0.0244. The molecule has 0 aliphatic heterocycles. The van der Waals surface area contributed by atoms with Crippen molar-refractivity contribution in [3.05, 3.63) is 54.4 Å². The van der Waals surface area contributed by atoms with Crippen LogP contribution in [0.4, 0.5) is 0 Å². The Balaban J connectivity index is 1.87. The fraction of sp³-hybridized carbons (Fsp3) is 0.368. The molecule has 1 amide bonds. The largest absolute Gasteiger partial charge is 0.494 e. The van der Waals surface area contributed by atoms with Crippen molar-refractivity contribution in [2.75, 3.05) is 13.2 Å². The lowest BCUT2D eigenvalue weighted by Crippen LogP contribution is -2.32. The Hall–Kier alpha value is -2.41. The molecule has 1 heterocycles. The predicted molar refractivity (Wildman–Crippen MR) is 97.5 cm³/mol. The molecule has 2 aromatic rings. The summed E-state index contributed by atoms with van der Waals surface area (Å²) in [5, 5.41) is 1.89. The lowest BCUT2D eigenvalue weighted by molar-refractivity contribution is -0.122. The zero-order valence-corrected chi connectivity index (χ0v) is 15.4. The summed E-state index contributed by atoms with van der Waals surface area (Å²) in [5.74, 6) is 0.560. The van der Waals surface area contributed by atoms with E-state index in [-0.39, 0.29) is 23.3 Å². The Morgan fingerprint density at radius 2 is 2.00 bits per heavy atom. The van der Waals surface area contributed by atoms with Crippen molar-refractivity contribution in [1.82, 2.24) is 10.3 Å². The van der Waals surface area contributed by atoms with Crippen LogP contribution in [-0.2, 0) is 14.6 Å². The number of sulfone groups is 1. The van der Waals surface area contributed by atoms with Crippen LogP contribution in [-0.4, -0.2) is 32.5 Å². The maximum atomic E-state index is 13.2. The van der Waals surface area contributed by atoms with Crippen LogP contribution in [0.15, 0.2) is 53.7 Å². The van der Waals surface area contributed by atoms with Gasteiger partial charge >= 0.3 is 0 Å². The summed E-state index contributed by atoms with van der Waals surface area (Å²) >= 11 is 0. The van der Waals surface area contributed by atoms with Crippen LogP contribution in [0.2, 0.25) is 0 Å². The van der Waals surface area contributed by atoms with E-state index in [0.717, 1.165) is 12.8 Å². The van der Waals surface area contributed by atoms with Crippen LogP contribution >= 0.6 is 0 Å². The maximum Gasteiger partial charge on any atom is 0.223 e. The summed E-state index contributed by atoms with van der Waals surface area (Å²) in [6, 6.07) is 9.75. The number of amides is 1. The van der Waals surface area contributed by atoms with E-state index in [4.69, 9.17) is 4.74 Å². The molecule has 1 aromatic heterocycles. The molecule has 1 fully saturated rings. The van der Waals surface area contributed by atoms with Gasteiger partial charge in [-0.1, -0.05) is 6.07 Å². The number of rotatable bonds is 8. The molecule has 0 radical (unpaired) electrons. The number of hydrogen-bond donors (Lipinski definition) is 1. The smallest absolute Gasteiger partial charge is 0.223 e. The Kier molecular flexibility index (Phi) is 5.56. The monoisotopic (exact) mass is 374 g/mol. The number of benzene rings is 1. The molecule has 1 saturated carbocycles. The molecule has 1 unspecified atom stereocenters. The number of carbonyl (C=O) groups excluding carboxylic acids is 1. The Morgan fingerprint density at radius 3 is 2.58 bits per heavy atom. The lowest BCUT2D eigenvalue weighted by Gasteiger charge is -2.19. The average Bonchev–Trinajstić information content (AvgIpc) is 3.48. The van der Waals surface area contributed by atoms with E-state index in [1.54, 1.807) is 30.5 Å². The molecular weight excluding hydrogens is 352 g/mol. The van der Waals surface area contributed by atoms with E-state index in [9.17, 15) is 13.2 Å². The Labute approximate surface area is 153 Å². The molecule has 0 bridgehead atoms. The van der Waals surface area contributed by atoms with E-state index >= 15 is 0 Å². The second kappa shape index (κ2) is 7.86. The Morgan fingerprint density at radius 1 is 1.27 bits per heavy atom. The number of nitrogens with one attached hydrogen (secondary N) is 1. The summed E-state index contributed by atoms with van der Waals surface area (Å²) in [6.45, 7) is 2.40. The fourth-order valence-electron chi connectivity index (χ4n) is 2.71. The van der Waals surface area contributed by atoms with Crippen LogP contribution in [0.25, 0.3) is 0 Å². The van der Waals surface area contributed by atoms with E-state index in [0.29, 0.717) is 17.9 Å². The van der Waals surface area contributed by atoms with Crippen molar-refractivity contribution in [3.8, 4) is 5.75 Å². The summed E-state index contributed by atoms with van der Waals surface area (Å²) in [7, 11) is -3.70. The number of hydrogen-bond acceptors (Lipinski definition) is 5. The number of nitrogens with zero attached hydrogens (tertiary/aromatic N) is 1. The molecule has 6 nitrogen and oxygen atoms in total. The molecule has 1 aliphatic rings. The highest BCUT2D eigenvalue weighted by Crippen LogP contribution is 2.31. The van der Waals surface area contributed by atoms with Crippen molar-refractivity contribution >= 4 is 15.7 Å². The lowest BCUT2D eigenvalue weighted by atomic mass is 10.2. The third-order valence-electron chi connectivity index (χ3n) is 4.30. The SMILES string of the molecule is CCOc1ccc(S(=O)(=O)C(CNC(=O)C2CC2)c2cccnc2)cc1. The van der Waals surface area contributed by atoms with Gasteiger partial charge in [-0.2, -0.15) is 0 Å². The van der Waals surface area contributed by atoms with Crippen molar-refractivity contribution in [3.63, 3.8) is 0 Å². The maximum absolute atomic E-state index is 13.2. The van der Waals surface area contributed by atoms with E-state index in [2.05, 4.69) is 10.3 Å². The Bertz CT molecular complexity index is 847. The number of pyridine rings is 1. The summed E-state index contributed by atoms with van der Waals surface area (Å²) < 4.78 is 31.7. The minimum Gasteiger partial charge on any atom is -0.494 e. The molecule has 0 spiro atoms. The van der Waals surface area contributed by atoms with Gasteiger partial charge in [-0.15, -0.1) is 0 Å². The fourth-order valence-corrected chi connectivity index (χ4v) is 4.36. The molecule has 0 saturated heterocycles. The first kappa shape index (κ1) is 18.4. The summed E-state index contributed by atoms with van der Waals surface area (Å²) in [6.07, 6.45) is 4.86. The van der Waals surface area contributed by atoms with Gasteiger partial charge in [0.1, 0.15) is 11.0 Å². The number of aromatic nitrogens is 1.